The van der Waals surface area contributed by atoms with E-state index in [2.05, 4.69) is 74.3 Å². The van der Waals surface area contributed by atoms with Gasteiger partial charge in [-0.3, -0.25) is 9.69 Å². The van der Waals surface area contributed by atoms with Crippen molar-refractivity contribution in [2.45, 2.75) is 53.1 Å². The van der Waals surface area contributed by atoms with Crippen LogP contribution in [0.5, 0.6) is 0 Å². The van der Waals surface area contributed by atoms with Gasteiger partial charge in [-0.05, 0) is 62.9 Å². The maximum absolute atomic E-state index is 13.2. The minimum atomic E-state index is 0. The lowest BCUT2D eigenvalue weighted by Gasteiger charge is -2.30. The van der Waals surface area contributed by atoms with Gasteiger partial charge in [-0.1, -0.05) is 35.9 Å². The average molecular weight is 512 g/mol. The van der Waals surface area contributed by atoms with Crippen LogP contribution in [0, 0.1) is 13.8 Å². The Labute approximate surface area is 215 Å². The normalized spacial score (nSPS) is 13.7. The molecule has 2 aromatic carbocycles. The summed E-state index contributed by atoms with van der Waals surface area (Å²) in [5.74, 6) is 0.0328. The van der Waals surface area contributed by atoms with Crippen LogP contribution < -0.4 is 5.32 Å². The predicted molar refractivity (Wildman–Crippen MR) is 148 cm³/mol. The lowest BCUT2D eigenvalue weighted by atomic mass is 10.0. The van der Waals surface area contributed by atoms with Crippen molar-refractivity contribution in [3.63, 3.8) is 0 Å². The third-order valence-electron chi connectivity index (χ3n) is 6.43. The molecule has 178 valence electrons. The maximum Gasteiger partial charge on any atom is 0.229 e. The molecule has 4 nitrogen and oxygen atoms in total. The van der Waals surface area contributed by atoms with Crippen LogP contribution in [-0.2, 0) is 24.2 Å². The average Bonchev–Trinajstić information content (AvgIpc) is 3.35. The molecule has 0 fully saturated rings. The van der Waals surface area contributed by atoms with Crippen molar-refractivity contribution in [2.24, 2.45) is 0 Å². The molecule has 1 amide bonds. The fourth-order valence-electron chi connectivity index (χ4n) is 4.49. The molecular weight excluding hydrogens is 482 g/mol. The second-order valence-electron chi connectivity index (χ2n) is 9.16. The van der Waals surface area contributed by atoms with Crippen LogP contribution in [0.25, 0.3) is 20.8 Å². The summed E-state index contributed by atoms with van der Waals surface area (Å²) in [4.78, 5) is 22.0. The molecule has 0 spiro atoms. The fourth-order valence-corrected chi connectivity index (χ4v) is 6.89. The van der Waals surface area contributed by atoms with Crippen molar-refractivity contribution < 1.29 is 4.79 Å². The van der Waals surface area contributed by atoms with Crippen LogP contribution in [0.15, 0.2) is 42.5 Å². The number of rotatable bonds is 5. The first-order chi connectivity index (χ1) is 15.9. The number of nitrogens with one attached hydrogen (secondary N) is 1. The Morgan fingerprint density at radius 2 is 1.94 bits per heavy atom. The number of aryl methyl sites for hydroxylation is 2. The molecule has 0 atom stereocenters. The van der Waals surface area contributed by atoms with E-state index in [9.17, 15) is 4.79 Å². The molecule has 7 heteroatoms. The minimum Gasteiger partial charge on any atom is -0.317 e. The summed E-state index contributed by atoms with van der Waals surface area (Å²) in [6.45, 7) is 10.6. The molecule has 0 aliphatic carbocycles. The molecule has 1 N–H and O–H groups in total. The molecule has 5 rings (SSSR count). The number of carbonyl (C=O) groups excluding carboxylic acids is 1. The van der Waals surface area contributed by atoms with E-state index in [1.807, 2.05) is 6.07 Å². The number of carbonyl (C=O) groups is 1. The van der Waals surface area contributed by atoms with Gasteiger partial charge < -0.3 is 5.32 Å². The van der Waals surface area contributed by atoms with Crippen molar-refractivity contribution in [1.82, 2.24) is 9.88 Å². The van der Waals surface area contributed by atoms with Crippen molar-refractivity contribution in [2.75, 3.05) is 11.9 Å². The number of hydrogen-bond acceptors (Lipinski definition) is 5. The van der Waals surface area contributed by atoms with Gasteiger partial charge in [0.15, 0.2) is 0 Å². The van der Waals surface area contributed by atoms with Gasteiger partial charge in [0.25, 0.3) is 0 Å². The molecule has 3 heterocycles. The molecule has 0 bridgehead atoms. The summed E-state index contributed by atoms with van der Waals surface area (Å²) in [6, 6.07) is 15.1. The lowest BCUT2D eigenvalue weighted by molar-refractivity contribution is -0.115. The van der Waals surface area contributed by atoms with Crippen molar-refractivity contribution in [3.8, 4) is 10.6 Å². The molecule has 0 unspecified atom stereocenters. The van der Waals surface area contributed by atoms with Gasteiger partial charge in [-0.25, -0.2) is 4.98 Å². The van der Waals surface area contributed by atoms with Crippen molar-refractivity contribution in [1.29, 1.82) is 0 Å². The van der Waals surface area contributed by atoms with Crippen molar-refractivity contribution in [3.05, 3.63) is 69.6 Å². The summed E-state index contributed by atoms with van der Waals surface area (Å²) in [5.41, 5.74) is 6.93. The molecule has 0 radical (unpaired) electrons. The highest BCUT2D eigenvalue weighted by molar-refractivity contribution is 7.22. The second-order valence-corrected chi connectivity index (χ2v) is 11.3. The Hall–Kier alpha value is -2.25. The zero-order valence-corrected chi connectivity index (χ0v) is 22.4. The maximum atomic E-state index is 13.2. The van der Waals surface area contributed by atoms with Crippen LogP contribution >= 0.6 is 35.1 Å². The van der Waals surface area contributed by atoms with E-state index in [0.29, 0.717) is 12.5 Å². The van der Waals surface area contributed by atoms with Gasteiger partial charge in [0.2, 0.25) is 5.91 Å². The number of halogens is 1. The number of aromatic nitrogens is 1. The number of fused-ring (bicyclic) bond motifs is 2. The first kappa shape index (κ1) is 24.9. The van der Waals surface area contributed by atoms with Crippen LogP contribution in [0.2, 0.25) is 0 Å². The van der Waals surface area contributed by atoms with Crippen molar-refractivity contribution >= 4 is 56.2 Å². The summed E-state index contributed by atoms with van der Waals surface area (Å²) in [7, 11) is 0. The molecule has 1 aliphatic rings. The van der Waals surface area contributed by atoms with E-state index in [1.54, 1.807) is 22.7 Å². The molecule has 0 saturated heterocycles. The summed E-state index contributed by atoms with van der Waals surface area (Å²) in [5, 5.41) is 5.23. The van der Waals surface area contributed by atoms with Gasteiger partial charge in [0.05, 0.1) is 16.6 Å². The second kappa shape index (κ2) is 10.2. The Morgan fingerprint density at radius 3 is 2.71 bits per heavy atom. The number of amides is 1. The van der Waals surface area contributed by atoms with E-state index in [0.717, 1.165) is 51.7 Å². The minimum absolute atomic E-state index is 0. The van der Waals surface area contributed by atoms with Crippen LogP contribution in [0.3, 0.4) is 0 Å². The standard InChI is InChI=1S/C27H29N3OS2.ClH/c1-16(2)30-12-11-20-23(15-30)33-27(25(20)26-28-21-7-5-6-8-22(21)32-26)29-24(31)14-19-13-17(3)9-10-18(19)4;/h5-10,13,16H,11-12,14-15H2,1-4H3,(H,29,31);1H. The van der Waals surface area contributed by atoms with Gasteiger partial charge >= 0.3 is 0 Å². The predicted octanol–water partition coefficient (Wildman–Crippen LogP) is 7.01. The monoisotopic (exact) mass is 511 g/mol. The number of thiophene rings is 1. The van der Waals surface area contributed by atoms with Gasteiger partial charge in [-0.15, -0.1) is 35.1 Å². The summed E-state index contributed by atoms with van der Waals surface area (Å²) in [6.07, 6.45) is 1.37. The highest BCUT2D eigenvalue weighted by Crippen LogP contribution is 2.45. The Kier molecular flexibility index (Phi) is 7.43. The van der Waals surface area contributed by atoms with Crippen LogP contribution in [-0.4, -0.2) is 28.4 Å². The Morgan fingerprint density at radius 1 is 1.15 bits per heavy atom. The number of para-hydroxylation sites is 1. The zero-order chi connectivity index (χ0) is 23.1. The summed E-state index contributed by atoms with van der Waals surface area (Å²) >= 11 is 3.44. The molecule has 34 heavy (non-hydrogen) atoms. The smallest absolute Gasteiger partial charge is 0.229 e. The van der Waals surface area contributed by atoms with Gasteiger partial charge in [-0.2, -0.15) is 0 Å². The molecular formula is C27H30ClN3OS2. The van der Waals surface area contributed by atoms with Crippen LogP contribution in [0.1, 0.15) is 41.0 Å². The third-order valence-corrected chi connectivity index (χ3v) is 8.62. The van der Waals surface area contributed by atoms with Gasteiger partial charge in [0, 0.05) is 29.6 Å². The Bertz CT molecular complexity index is 1310. The largest absolute Gasteiger partial charge is 0.317 e. The Balaban J connectivity index is 0.00000274. The van der Waals surface area contributed by atoms with E-state index in [-0.39, 0.29) is 18.3 Å². The SMILES string of the molecule is Cc1ccc(C)c(CC(=O)Nc2sc3c(c2-c2nc4ccccc4s2)CCN(C(C)C)C3)c1.Cl. The highest BCUT2D eigenvalue weighted by atomic mass is 35.5. The van der Waals surface area contributed by atoms with Crippen LogP contribution in [0.4, 0.5) is 5.00 Å². The van der Waals surface area contributed by atoms with E-state index in [4.69, 9.17) is 4.98 Å². The first-order valence-electron chi connectivity index (χ1n) is 11.5. The number of benzene rings is 2. The number of thiazole rings is 1. The zero-order valence-electron chi connectivity index (χ0n) is 20.0. The first-order valence-corrected chi connectivity index (χ1v) is 13.1. The lowest BCUT2D eigenvalue weighted by Crippen LogP contribution is -2.35. The third kappa shape index (κ3) is 4.91. The topological polar surface area (TPSA) is 45.2 Å². The summed E-state index contributed by atoms with van der Waals surface area (Å²) < 4.78 is 1.18. The number of nitrogens with zero attached hydrogens (tertiary/aromatic N) is 2. The quantitative estimate of drug-likeness (QED) is 0.313. The molecule has 1 aliphatic heterocycles. The highest BCUT2D eigenvalue weighted by Gasteiger charge is 2.28. The van der Waals surface area contributed by atoms with E-state index < -0.39 is 0 Å². The van der Waals surface area contributed by atoms with Gasteiger partial charge in [0.1, 0.15) is 10.0 Å². The van der Waals surface area contributed by atoms with E-state index in [1.165, 1.54) is 20.7 Å². The number of hydrogen-bond donors (Lipinski definition) is 1. The van der Waals surface area contributed by atoms with E-state index >= 15 is 0 Å². The molecule has 0 saturated carbocycles. The number of anilines is 1. The fraction of sp³-hybridized carbons (Fsp3) is 0.333. The molecule has 2 aromatic heterocycles. The molecule has 4 aromatic rings.